The Hall–Kier alpha value is -1.41. The first kappa shape index (κ1) is 9.79. The third kappa shape index (κ3) is 1.26. The minimum absolute atomic E-state index is 0.0487. The van der Waals surface area contributed by atoms with Crippen molar-refractivity contribution in [3.63, 3.8) is 0 Å². The zero-order valence-electron chi connectivity index (χ0n) is 8.97. The Bertz CT molecular complexity index is 449. The predicted octanol–water partition coefficient (Wildman–Crippen LogP) is 2.04. The number of hydrogen-bond donors (Lipinski definition) is 1. The molecule has 2 heteroatoms. The van der Waals surface area contributed by atoms with Crippen LogP contribution in [-0.2, 0) is 10.4 Å². The van der Waals surface area contributed by atoms with E-state index >= 15 is 0 Å². The summed E-state index contributed by atoms with van der Waals surface area (Å²) < 4.78 is 0. The van der Waals surface area contributed by atoms with E-state index in [1.54, 1.807) is 0 Å². The molecule has 2 bridgehead atoms. The highest BCUT2D eigenvalue weighted by Gasteiger charge is 2.48. The number of ketones is 1. The van der Waals surface area contributed by atoms with Crippen molar-refractivity contribution in [2.24, 2.45) is 11.8 Å². The Morgan fingerprint density at radius 1 is 1.19 bits per heavy atom. The van der Waals surface area contributed by atoms with Gasteiger partial charge in [0.25, 0.3) is 0 Å². The molecule has 4 rings (SSSR count). The van der Waals surface area contributed by atoms with Crippen LogP contribution in [0.2, 0.25) is 0 Å². The highest BCUT2D eigenvalue weighted by atomic mass is 16.3. The number of hydrogen-bond acceptors (Lipinski definition) is 2. The number of allylic oxidation sites excluding steroid dienone is 1. The first-order chi connectivity index (χ1) is 7.70. The topological polar surface area (TPSA) is 37.3 Å². The maximum absolute atomic E-state index is 11.6. The van der Waals surface area contributed by atoms with Gasteiger partial charge in [-0.2, -0.15) is 0 Å². The Labute approximate surface area is 94.6 Å². The fraction of sp³-hybridized carbons (Fsp3) is 0.357. The molecular formula is C14H14O2. The summed E-state index contributed by atoms with van der Waals surface area (Å²) >= 11 is 0. The average Bonchev–Trinajstić information content (AvgIpc) is 2.32. The van der Waals surface area contributed by atoms with E-state index in [2.05, 4.69) is 0 Å². The largest absolute Gasteiger partial charge is 0.384 e. The van der Waals surface area contributed by atoms with E-state index in [-0.39, 0.29) is 17.6 Å². The van der Waals surface area contributed by atoms with Gasteiger partial charge in [-0.1, -0.05) is 42.5 Å². The van der Waals surface area contributed by atoms with Crippen LogP contribution in [0.5, 0.6) is 0 Å². The van der Waals surface area contributed by atoms with Crippen LogP contribution in [0.15, 0.2) is 42.5 Å². The second-order valence-corrected chi connectivity index (χ2v) is 4.76. The van der Waals surface area contributed by atoms with Gasteiger partial charge in [0.1, 0.15) is 5.78 Å². The van der Waals surface area contributed by atoms with E-state index in [0.29, 0.717) is 12.8 Å². The first-order valence-corrected chi connectivity index (χ1v) is 5.69. The molecule has 0 amide bonds. The molecule has 0 radical (unpaired) electrons. The van der Waals surface area contributed by atoms with Crippen molar-refractivity contribution in [1.82, 2.24) is 0 Å². The third-order valence-electron chi connectivity index (χ3n) is 3.83. The van der Waals surface area contributed by atoms with Crippen LogP contribution in [0.3, 0.4) is 0 Å². The molecule has 1 saturated carbocycles. The number of carbonyl (C=O) groups is 1. The quantitative estimate of drug-likeness (QED) is 0.726. The van der Waals surface area contributed by atoms with Crippen LogP contribution >= 0.6 is 0 Å². The van der Waals surface area contributed by atoms with Crippen molar-refractivity contribution in [3.05, 3.63) is 48.0 Å². The maximum atomic E-state index is 11.6. The predicted molar refractivity (Wildman–Crippen MR) is 60.7 cm³/mol. The van der Waals surface area contributed by atoms with E-state index in [4.69, 9.17) is 0 Å². The molecule has 16 heavy (non-hydrogen) atoms. The van der Waals surface area contributed by atoms with E-state index in [1.807, 2.05) is 42.5 Å². The number of aliphatic hydroxyl groups is 1. The van der Waals surface area contributed by atoms with Crippen molar-refractivity contribution >= 4 is 5.78 Å². The molecule has 82 valence electrons. The summed E-state index contributed by atoms with van der Waals surface area (Å²) in [5.41, 5.74) is 0.0936. The van der Waals surface area contributed by atoms with Gasteiger partial charge in [-0.05, 0) is 12.0 Å². The second kappa shape index (κ2) is 3.29. The Morgan fingerprint density at radius 2 is 1.94 bits per heavy atom. The fourth-order valence-electron chi connectivity index (χ4n) is 2.87. The van der Waals surface area contributed by atoms with Crippen LogP contribution in [0.4, 0.5) is 0 Å². The lowest BCUT2D eigenvalue weighted by Crippen LogP contribution is -2.46. The van der Waals surface area contributed by atoms with Gasteiger partial charge >= 0.3 is 0 Å². The second-order valence-electron chi connectivity index (χ2n) is 4.76. The lowest BCUT2D eigenvalue weighted by atomic mass is 9.63. The lowest BCUT2D eigenvalue weighted by molar-refractivity contribution is -0.136. The lowest BCUT2D eigenvalue weighted by Gasteiger charge is -2.44. The molecule has 1 aromatic carbocycles. The van der Waals surface area contributed by atoms with Crippen molar-refractivity contribution in [2.75, 3.05) is 0 Å². The normalized spacial score (nSPS) is 36.7. The summed E-state index contributed by atoms with van der Waals surface area (Å²) in [5, 5.41) is 10.7. The van der Waals surface area contributed by atoms with Gasteiger partial charge in [0.2, 0.25) is 0 Å². The minimum atomic E-state index is -0.839. The summed E-state index contributed by atoms with van der Waals surface area (Å²) in [6, 6.07) is 9.69. The minimum Gasteiger partial charge on any atom is -0.384 e. The highest BCUT2D eigenvalue weighted by molar-refractivity contribution is 5.85. The molecule has 0 aliphatic heterocycles. The molecule has 1 aromatic rings. The molecule has 3 aliphatic carbocycles. The van der Waals surface area contributed by atoms with Gasteiger partial charge in [-0.15, -0.1) is 0 Å². The van der Waals surface area contributed by atoms with E-state index in [1.165, 1.54) is 0 Å². The number of benzene rings is 1. The number of fused-ring (bicyclic) bond motifs is 2. The van der Waals surface area contributed by atoms with Crippen molar-refractivity contribution in [1.29, 1.82) is 0 Å². The Balaban J connectivity index is 2.03. The van der Waals surface area contributed by atoms with Crippen molar-refractivity contribution < 1.29 is 9.90 Å². The van der Waals surface area contributed by atoms with Gasteiger partial charge in [0, 0.05) is 18.3 Å². The van der Waals surface area contributed by atoms with Crippen LogP contribution in [0.25, 0.3) is 0 Å². The SMILES string of the molecule is O=C1C[C@@H]2C=C[C@H]1C[C@]2(O)c1ccccc1. The summed E-state index contributed by atoms with van der Waals surface area (Å²) in [6.45, 7) is 0. The molecule has 0 unspecified atom stereocenters. The van der Waals surface area contributed by atoms with Gasteiger partial charge in [-0.3, -0.25) is 4.79 Å². The van der Waals surface area contributed by atoms with E-state index < -0.39 is 5.60 Å². The molecular weight excluding hydrogens is 200 g/mol. The number of carbonyl (C=O) groups excluding carboxylic acids is 1. The summed E-state index contributed by atoms with van der Waals surface area (Å²) in [5.74, 6) is 0.135. The first-order valence-electron chi connectivity index (χ1n) is 5.69. The van der Waals surface area contributed by atoms with Gasteiger partial charge in [0.15, 0.2) is 0 Å². The van der Waals surface area contributed by atoms with Gasteiger partial charge in [0.05, 0.1) is 5.60 Å². The van der Waals surface area contributed by atoms with Crippen molar-refractivity contribution in [2.45, 2.75) is 18.4 Å². The average molecular weight is 214 g/mol. The van der Waals surface area contributed by atoms with Crippen molar-refractivity contribution in [3.8, 4) is 0 Å². The molecule has 0 saturated heterocycles. The molecule has 1 N–H and O–H groups in total. The number of Topliss-reactive ketones (excluding diaryl/α,β-unsaturated/α-hetero) is 1. The standard InChI is InChI=1S/C14H14O2/c15-13-8-12-7-6-10(13)9-14(12,16)11-4-2-1-3-5-11/h1-7,10,12,16H,8-9H2/t10-,12-,14-/m0/s1. The highest BCUT2D eigenvalue weighted by Crippen LogP contribution is 2.47. The molecule has 0 aromatic heterocycles. The van der Waals surface area contributed by atoms with Gasteiger partial charge in [-0.25, -0.2) is 0 Å². The van der Waals surface area contributed by atoms with Gasteiger partial charge < -0.3 is 5.11 Å². The smallest absolute Gasteiger partial charge is 0.140 e. The van der Waals surface area contributed by atoms with E-state index in [9.17, 15) is 9.90 Å². The zero-order valence-corrected chi connectivity index (χ0v) is 8.97. The van der Waals surface area contributed by atoms with Crippen LogP contribution in [0, 0.1) is 11.8 Å². The maximum Gasteiger partial charge on any atom is 0.140 e. The summed E-state index contributed by atoms with van der Waals surface area (Å²) in [4.78, 5) is 11.6. The molecule has 0 spiro atoms. The van der Waals surface area contributed by atoms with Crippen LogP contribution in [-0.4, -0.2) is 10.9 Å². The summed E-state index contributed by atoms with van der Waals surface area (Å²) in [7, 11) is 0. The molecule has 3 aliphatic rings. The molecule has 0 heterocycles. The zero-order chi connectivity index (χ0) is 11.2. The fourth-order valence-corrected chi connectivity index (χ4v) is 2.87. The molecule has 2 nitrogen and oxygen atoms in total. The number of rotatable bonds is 1. The Morgan fingerprint density at radius 3 is 2.50 bits per heavy atom. The Kier molecular flexibility index (Phi) is 2.01. The third-order valence-corrected chi connectivity index (χ3v) is 3.83. The molecule has 1 fully saturated rings. The van der Waals surface area contributed by atoms with Crippen LogP contribution < -0.4 is 0 Å². The van der Waals surface area contributed by atoms with Crippen LogP contribution in [0.1, 0.15) is 18.4 Å². The molecule has 3 atom stereocenters. The van der Waals surface area contributed by atoms with E-state index in [0.717, 1.165) is 5.56 Å². The summed E-state index contributed by atoms with van der Waals surface area (Å²) in [6.07, 6.45) is 4.97. The monoisotopic (exact) mass is 214 g/mol.